The van der Waals surface area contributed by atoms with E-state index < -0.39 is 17.7 Å². The molecule has 0 saturated carbocycles. The summed E-state index contributed by atoms with van der Waals surface area (Å²) in [4.78, 5) is 39.5. The molecule has 3 amide bonds. The predicted octanol–water partition coefficient (Wildman–Crippen LogP) is 4.09. The lowest BCUT2D eigenvalue weighted by Crippen LogP contribution is -2.51. The number of rotatable bonds is 11. The zero-order valence-corrected chi connectivity index (χ0v) is 23.4. The fourth-order valence-electron chi connectivity index (χ4n) is 4.82. The number of aryl methyl sites for hydroxylation is 1. The van der Waals surface area contributed by atoms with Crippen molar-refractivity contribution in [2.75, 3.05) is 16.8 Å². The average molecular weight is 549 g/mol. The fourth-order valence-corrected chi connectivity index (χ4v) is 5.59. The van der Waals surface area contributed by atoms with E-state index in [2.05, 4.69) is 16.0 Å². The summed E-state index contributed by atoms with van der Waals surface area (Å²) in [6.45, 7) is 6.25. The number of carbonyl (C=O) groups excluding carboxylic acids is 3. The first-order valence-electron chi connectivity index (χ1n) is 13.2. The van der Waals surface area contributed by atoms with Crippen molar-refractivity contribution < 1.29 is 19.5 Å². The molecule has 3 aromatic rings. The lowest BCUT2D eigenvalue weighted by atomic mass is 9.99. The van der Waals surface area contributed by atoms with Gasteiger partial charge in [0.05, 0.1) is 12.6 Å². The van der Waals surface area contributed by atoms with Gasteiger partial charge in [0.2, 0.25) is 18.2 Å². The lowest BCUT2D eigenvalue weighted by molar-refractivity contribution is -0.128. The fraction of sp³-hybridized carbons (Fsp3) is 0.367. The van der Waals surface area contributed by atoms with Gasteiger partial charge in [-0.15, -0.1) is 11.3 Å². The molecule has 0 bridgehead atoms. The normalized spacial score (nSPS) is 16.3. The molecule has 206 valence electrons. The number of nitrogens with zero attached hydrogens (tertiary/aromatic N) is 1. The number of benzene rings is 2. The van der Waals surface area contributed by atoms with Gasteiger partial charge in [-0.25, -0.2) is 0 Å². The first-order valence-corrected chi connectivity index (χ1v) is 14.0. The molecule has 1 aliphatic heterocycles. The van der Waals surface area contributed by atoms with Gasteiger partial charge in [-0.2, -0.15) is 0 Å². The van der Waals surface area contributed by atoms with E-state index in [1.54, 1.807) is 11.8 Å². The van der Waals surface area contributed by atoms with Gasteiger partial charge in [0.1, 0.15) is 11.0 Å². The number of aliphatic hydroxyl groups is 1. The van der Waals surface area contributed by atoms with Gasteiger partial charge < -0.3 is 26.0 Å². The second-order valence-electron chi connectivity index (χ2n) is 10.6. The summed E-state index contributed by atoms with van der Waals surface area (Å²) in [6, 6.07) is 17.2. The first kappa shape index (κ1) is 28.5. The van der Waals surface area contributed by atoms with Crippen LogP contribution in [0.3, 0.4) is 0 Å². The smallest absolute Gasteiger partial charge is 0.249 e. The molecule has 0 radical (unpaired) electrons. The van der Waals surface area contributed by atoms with Crippen LogP contribution in [0.25, 0.3) is 11.1 Å². The van der Waals surface area contributed by atoms with Crippen LogP contribution < -0.4 is 20.9 Å². The van der Waals surface area contributed by atoms with Crippen LogP contribution in [-0.4, -0.2) is 47.6 Å². The topological polar surface area (TPSA) is 111 Å². The van der Waals surface area contributed by atoms with E-state index in [-0.39, 0.29) is 18.2 Å². The minimum absolute atomic E-state index is 0.137. The minimum Gasteiger partial charge on any atom is -0.392 e. The Hall–Kier alpha value is -3.53. The number of anilines is 2. The van der Waals surface area contributed by atoms with Crippen LogP contribution in [0.4, 0.5) is 10.7 Å². The van der Waals surface area contributed by atoms with E-state index in [0.717, 1.165) is 32.9 Å². The Bertz CT molecular complexity index is 1300. The maximum Gasteiger partial charge on any atom is 0.249 e. The molecule has 1 aliphatic rings. The van der Waals surface area contributed by atoms with Crippen molar-refractivity contribution >= 4 is 40.2 Å². The van der Waals surface area contributed by atoms with Crippen LogP contribution in [0.5, 0.6) is 0 Å². The SMILES string of the molecule is C[C@@H](O)CNC(C)(C)CC(=O)N[C@@H]1CCc2ccccc2N(Cc2ccc(-c3ccsc3NC=O)cc2)C1=O. The number of hydrogen-bond acceptors (Lipinski definition) is 6. The van der Waals surface area contributed by atoms with E-state index in [0.29, 0.717) is 32.3 Å². The number of para-hydroxylation sites is 1. The van der Waals surface area contributed by atoms with Gasteiger partial charge in [-0.1, -0.05) is 42.5 Å². The number of nitrogens with one attached hydrogen (secondary N) is 3. The van der Waals surface area contributed by atoms with Gasteiger partial charge in [0, 0.05) is 29.8 Å². The van der Waals surface area contributed by atoms with Crippen LogP contribution in [-0.2, 0) is 27.3 Å². The number of β-amino-alcohol motifs (C(OH)–C–C–N with tert-alkyl or cyclic N) is 1. The molecule has 0 spiro atoms. The molecule has 0 unspecified atom stereocenters. The summed E-state index contributed by atoms with van der Waals surface area (Å²) < 4.78 is 0. The van der Waals surface area contributed by atoms with Crippen LogP contribution in [0, 0.1) is 0 Å². The van der Waals surface area contributed by atoms with E-state index in [4.69, 9.17) is 0 Å². The maximum atomic E-state index is 13.8. The third-order valence-corrected chi connectivity index (χ3v) is 7.67. The number of hydrogen-bond donors (Lipinski definition) is 4. The Morgan fingerprint density at radius 1 is 1.18 bits per heavy atom. The number of amides is 3. The molecule has 4 N–H and O–H groups in total. The number of aliphatic hydroxyl groups excluding tert-OH is 1. The first-order chi connectivity index (χ1) is 18.7. The highest BCUT2D eigenvalue weighted by atomic mass is 32.1. The van der Waals surface area contributed by atoms with Crippen molar-refractivity contribution in [1.29, 1.82) is 0 Å². The van der Waals surface area contributed by atoms with Gasteiger partial charge in [0.25, 0.3) is 0 Å². The van der Waals surface area contributed by atoms with E-state index in [9.17, 15) is 19.5 Å². The van der Waals surface area contributed by atoms with Crippen molar-refractivity contribution in [3.63, 3.8) is 0 Å². The molecule has 1 aromatic heterocycles. The Labute approximate surface area is 233 Å². The summed E-state index contributed by atoms with van der Waals surface area (Å²) in [7, 11) is 0. The Kier molecular flexibility index (Phi) is 9.16. The highest BCUT2D eigenvalue weighted by molar-refractivity contribution is 7.15. The van der Waals surface area contributed by atoms with E-state index in [1.165, 1.54) is 11.3 Å². The van der Waals surface area contributed by atoms with Gasteiger partial charge in [-0.3, -0.25) is 14.4 Å². The highest BCUT2D eigenvalue weighted by Gasteiger charge is 2.32. The minimum atomic E-state index is -0.639. The van der Waals surface area contributed by atoms with E-state index >= 15 is 0 Å². The lowest BCUT2D eigenvalue weighted by Gasteiger charge is -2.29. The third kappa shape index (κ3) is 7.32. The number of carbonyl (C=O) groups is 3. The molecule has 4 rings (SSSR count). The maximum absolute atomic E-state index is 13.8. The molecule has 8 nitrogen and oxygen atoms in total. The molecule has 0 saturated heterocycles. The van der Waals surface area contributed by atoms with Crippen LogP contribution >= 0.6 is 11.3 Å². The summed E-state index contributed by atoms with van der Waals surface area (Å²) in [5.74, 6) is -0.343. The van der Waals surface area contributed by atoms with Crippen molar-refractivity contribution in [3.05, 3.63) is 71.1 Å². The molecule has 2 heterocycles. The van der Waals surface area contributed by atoms with Gasteiger partial charge in [-0.05, 0) is 67.8 Å². The molecule has 0 fully saturated rings. The molecular formula is C30H36N4O4S. The zero-order valence-electron chi connectivity index (χ0n) is 22.6. The number of thiophene rings is 1. The summed E-state index contributed by atoms with van der Waals surface area (Å²) in [5, 5.41) is 21.2. The van der Waals surface area contributed by atoms with Gasteiger partial charge >= 0.3 is 0 Å². The summed E-state index contributed by atoms with van der Waals surface area (Å²) >= 11 is 1.46. The van der Waals surface area contributed by atoms with E-state index in [1.807, 2.05) is 73.8 Å². The zero-order chi connectivity index (χ0) is 28.0. The second kappa shape index (κ2) is 12.5. The molecule has 2 atom stereocenters. The summed E-state index contributed by atoms with van der Waals surface area (Å²) in [6.07, 6.45) is 1.53. The molecule has 2 aromatic carbocycles. The van der Waals surface area contributed by atoms with Crippen molar-refractivity contribution in [2.24, 2.45) is 0 Å². The Balaban J connectivity index is 1.51. The quantitative estimate of drug-likeness (QED) is 0.270. The largest absolute Gasteiger partial charge is 0.392 e. The highest BCUT2D eigenvalue weighted by Crippen LogP contribution is 2.34. The average Bonchev–Trinajstić information content (AvgIpc) is 3.32. The second-order valence-corrected chi connectivity index (χ2v) is 11.5. The third-order valence-electron chi connectivity index (χ3n) is 6.82. The number of fused-ring (bicyclic) bond motifs is 1. The van der Waals surface area contributed by atoms with Crippen LogP contribution in [0.1, 0.15) is 44.7 Å². The van der Waals surface area contributed by atoms with Crippen molar-refractivity contribution in [1.82, 2.24) is 10.6 Å². The van der Waals surface area contributed by atoms with Crippen molar-refractivity contribution in [2.45, 2.75) is 64.3 Å². The molecule has 0 aliphatic carbocycles. The van der Waals surface area contributed by atoms with Gasteiger partial charge in [0.15, 0.2) is 0 Å². The monoisotopic (exact) mass is 548 g/mol. The molecule has 9 heteroatoms. The molecule has 39 heavy (non-hydrogen) atoms. The van der Waals surface area contributed by atoms with Crippen molar-refractivity contribution in [3.8, 4) is 11.1 Å². The Morgan fingerprint density at radius 3 is 2.64 bits per heavy atom. The van der Waals surface area contributed by atoms with Crippen LogP contribution in [0.2, 0.25) is 0 Å². The predicted molar refractivity (Wildman–Crippen MR) is 156 cm³/mol. The Morgan fingerprint density at radius 2 is 1.92 bits per heavy atom. The van der Waals surface area contributed by atoms with Crippen LogP contribution in [0.15, 0.2) is 60.0 Å². The standard InChI is InChI=1S/C30H36N4O4S/c1-20(36)17-32-30(2,3)16-27(37)33-25-13-12-23-6-4-5-7-26(23)34(29(25)38)18-21-8-10-22(11-9-21)24-14-15-39-28(24)31-19-35/h4-11,14-15,19-20,25,32,36H,12-13,16-18H2,1-3H3,(H,31,35)(H,33,37)/t20-,25-/m1/s1. The molecular weight excluding hydrogens is 512 g/mol. The summed E-state index contributed by atoms with van der Waals surface area (Å²) in [5.41, 5.74) is 4.28.